The molecule has 0 aromatic heterocycles. The van der Waals surface area contributed by atoms with Gasteiger partial charge in [0.2, 0.25) is 17.6 Å². The molecule has 0 N–H and O–H groups in total. The second kappa shape index (κ2) is 10.2. The predicted molar refractivity (Wildman–Crippen MR) is 153 cm³/mol. The van der Waals surface area contributed by atoms with Crippen molar-refractivity contribution in [1.82, 2.24) is 0 Å². The zero-order valence-electron chi connectivity index (χ0n) is 22.4. The molecule has 1 heterocycles. The number of imide groups is 1. The van der Waals surface area contributed by atoms with Crippen LogP contribution in [0.1, 0.15) is 27.1 Å². The van der Waals surface area contributed by atoms with E-state index in [-0.39, 0.29) is 68.8 Å². The molecule has 0 spiro atoms. The van der Waals surface area contributed by atoms with Gasteiger partial charge in [0.05, 0.1) is 33.0 Å². The molecule has 4 aliphatic carbocycles. The summed E-state index contributed by atoms with van der Waals surface area (Å²) in [4.78, 5) is 63.8. The maximum atomic E-state index is 13.3. The van der Waals surface area contributed by atoms with Crippen LogP contribution in [0.2, 0.25) is 5.02 Å². The van der Waals surface area contributed by atoms with E-state index in [0.717, 1.165) is 6.42 Å². The van der Waals surface area contributed by atoms with Crippen LogP contribution in [0.5, 0.6) is 11.5 Å². The van der Waals surface area contributed by atoms with Crippen LogP contribution in [-0.4, -0.2) is 35.1 Å². The Morgan fingerprint density at radius 2 is 1.49 bits per heavy atom. The maximum Gasteiger partial charge on any atom is 0.338 e. The Morgan fingerprint density at radius 3 is 2.09 bits per heavy atom. The van der Waals surface area contributed by atoms with E-state index in [4.69, 9.17) is 21.1 Å². The van der Waals surface area contributed by atoms with E-state index in [9.17, 15) is 29.3 Å². The molecule has 216 valence electrons. The van der Waals surface area contributed by atoms with E-state index in [1.54, 1.807) is 12.1 Å². The number of Topliss-reactive ketones (excluding diaryl/α,β-unsaturated/α-hetero) is 1. The van der Waals surface area contributed by atoms with E-state index in [0.29, 0.717) is 17.5 Å². The quantitative estimate of drug-likeness (QED) is 0.0812. The number of hydrogen-bond donors (Lipinski definition) is 0. The van der Waals surface area contributed by atoms with Gasteiger partial charge in [0, 0.05) is 11.6 Å². The lowest BCUT2D eigenvalue weighted by Gasteiger charge is -2.37. The third-order valence-corrected chi connectivity index (χ3v) is 9.20. The SMILES string of the molecule is O=C(COC(=O)c1ccc(N2C(=O)[C@H]3[C@@H]4C=C[C@H]([C@H]5C[C@H]45)[C@@H]3C2=O)cc1)c1ccc(Oc2c(Cl)cccc2[N+](=O)[O-])cc1. The first-order valence-electron chi connectivity index (χ1n) is 13.8. The molecule has 43 heavy (non-hydrogen) atoms. The van der Waals surface area contributed by atoms with Crippen molar-refractivity contribution < 1.29 is 33.6 Å². The summed E-state index contributed by atoms with van der Waals surface area (Å²) in [7, 11) is 0. The predicted octanol–water partition coefficient (Wildman–Crippen LogP) is 5.64. The number of ether oxygens (including phenoxy) is 2. The Labute approximate surface area is 250 Å². The number of nitrogens with zero attached hydrogens (tertiary/aromatic N) is 2. The number of nitro groups is 1. The van der Waals surface area contributed by atoms with Crippen LogP contribution in [0, 0.1) is 45.6 Å². The Morgan fingerprint density at radius 1 is 0.884 bits per heavy atom. The summed E-state index contributed by atoms with van der Waals surface area (Å²) >= 11 is 6.06. The average Bonchev–Trinajstić information content (AvgIpc) is 3.79. The highest BCUT2D eigenvalue weighted by Gasteiger charge is 2.67. The molecule has 3 fully saturated rings. The maximum absolute atomic E-state index is 13.3. The van der Waals surface area contributed by atoms with Crippen LogP contribution in [0.25, 0.3) is 0 Å². The van der Waals surface area contributed by atoms with Crippen molar-refractivity contribution in [1.29, 1.82) is 0 Å². The molecule has 11 heteroatoms. The smallest absolute Gasteiger partial charge is 0.338 e. The van der Waals surface area contributed by atoms with Crippen LogP contribution in [0.4, 0.5) is 11.4 Å². The Bertz CT molecular complexity index is 1700. The number of ketones is 1. The van der Waals surface area contributed by atoms with Crippen LogP contribution in [-0.2, 0) is 14.3 Å². The Balaban J connectivity index is 0.967. The third-order valence-electron chi connectivity index (χ3n) is 8.90. The van der Waals surface area contributed by atoms with Crippen LogP contribution in [0.15, 0.2) is 78.9 Å². The summed E-state index contributed by atoms with van der Waals surface area (Å²) in [6.07, 6.45) is 5.32. The summed E-state index contributed by atoms with van der Waals surface area (Å²) in [5.41, 5.74) is 0.512. The van der Waals surface area contributed by atoms with Gasteiger partial charge in [-0.1, -0.05) is 29.8 Å². The number of halogens is 1. The Hall–Kier alpha value is -4.83. The lowest BCUT2D eigenvalue weighted by Crippen LogP contribution is -2.40. The van der Waals surface area contributed by atoms with Crippen molar-refractivity contribution in [3.63, 3.8) is 0 Å². The fraction of sp³-hybridized carbons (Fsp3) is 0.250. The van der Waals surface area contributed by atoms with E-state index in [2.05, 4.69) is 12.2 Å². The number of benzene rings is 3. The number of esters is 1. The molecular formula is C32H23ClN2O8. The van der Waals surface area contributed by atoms with Gasteiger partial charge in [-0.3, -0.25) is 29.4 Å². The summed E-state index contributed by atoms with van der Waals surface area (Å²) in [6, 6.07) is 16.0. The fourth-order valence-electron chi connectivity index (χ4n) is 6.82. The Kier molecular flexibility index (Phi) is 6.39. The second-order valence-electron chi connectivity index (χ2n) is 11.2. The van der Waals surface area contributed by atoms with Gasteiger partial charge in [-0.05, 0) is 84.7 Å². The second-order valence-corrected chi connectivity index (χ2v) is 11.6. The molecule has 1 aliphatic heterocycles. The molecule has 1 saturated heterocycles. The molecule has 10 nitrogen and oxygen atoms in total. The first-order chi connectivity index (χ1) is 20.7. The van der Waals surface area contributed by atoms with E-state index < -0.39 is 23.3 Å². The molecule has 2 saturated carbocycles. The zero-order valence-corrected chi connectivity index (χ0v) is 23.2. The van der Waals surface area contributed by atoms with E-state index in [1.807, 2.05) is 0 Å². The molecule has 0 radical (unpaired) electrons. The van der Waals surface area contributed by atoms with Gasteiger partial charge in [-0.2, -0.15) is 0 Å². The average molecular weight is 599 g/mol. The summed E-state index contributed by atoms with van der Waals surface area (Å²) in [6.45, 7) is -0.526. The minimum atomic E-state index is -0.735. The van der Waals surface area contributed by atoms with Gasteiger partial charge >= 0.3 is 11.7 Å². The number of carbonyl (C=O) groups excluding carboxylic acids is 4. The number of amides is 2. The van der Waals surface area contributed by atoms with Gasteiger partial charge < -0.3 is 9.47 Å². The number of para-hydroxylation sites is 1. The van der Waals surface area contributed by atoms with E-state index in [1.165, 1.54) is 59.5 Å². The van der Waals surface area contributed by atoms with Crippen molar-refractivity contribution >= 4 is 46.5 Å². The number of carbonyl (C=O) groups is 4. The summed E-state index contributed by atoms with van der Waals surface area (Å²) < 4.78 is 10.8. The van der Waals surface area contributed by atoms with Crippen molar-refractivity contribution in [2.75, 3.05) is 11.5 Å². The largest absolute Gasteiger partial charge is 0.454 e. The van der Waals surface area contributed by atoms with Gasteiger partial charge in [0.1, 0.15) is 5.75 Å². The van der Waals surface area contributed by atoms with Crippen molar-refractivity contribution in [2.24, 2.45) is 35.5 Å². The van der Waals surface area contributed by atoms with Gasteiger partial charge in [0.15, 0.2) is 12.4 Å². The highest BCUT2D eigenvalue weighted by molar-refractivity contribution is 6.32. The first-order valence-corrected chi connectivity index (χ1v) is 14.2. The number of rotatable bonds is 8. The first kappa shape index (κ1) is 27.0. The van der Waals surface area contributed by atoms with Crippen LogP contribution < -0.4 is 9.64 Å². The van der Waals surface area contributed by atoms with Crippen molar-refractivity contribution in [3.8, 4) is 11.5 Å². The summed E-state index contributed by atoms with van der Waals surface area (Å²) in [5, 5.41) is 11.3. The highest BCUT2D eigenvalue weighted by atomic mass is 35.5. The number of hydrogen-bond acceptors (Lipinski definition) is 8. The molecular weight excluding hydrogens is 576 g/mol. The monoisotopic (exact) mass is 598 g/mol. The van der Waals surface area contributed by atoms with Crippen LogP contribution in [0.3, 0.4) is 0 Å². The zero-order chi connectivity index (χ0) is 30.0. The van der Waals surface area contributed by atoms with Gasteiger partial charge in [0.25, 0.3) is 0 Å². The minimum Gasteiger partial charge on any atom is -0.454 e. The highest BCUT2D eigenvalue weighted by Crippen LogP contribution is 2.65. The van der Waals surface area contributed by atoms with Crippen molar-refractivity contribution in [3.05, 3.63) is 105 Å². The van der Waals surface area contributed by atoms with Crippen molar-refractivity contribution in [2.45, 2.75) is 6.42 Å². The molecule has 6 atom stereocenters. The van der Waals surface area contributed by atoms with E-state index >= 15 is 0 Å². The summed E-state index contributed by atoms with van der Waals surface area (Å²) in [5.74, 6) is -0.809. The molecule has 2 amide bonds. The molecule has 0 unspecified atom stereocenters. The standard InChI is InChI=1S/C32H23ClN2O8/c33-24-2-1-3-25(35(40)41)29(24)43-19-10-6-16(7-11-19)26(36)15-42-32(39)17-4-8-18(9-5-17)34-30(37)27-20-12-13-21(23-14-22(20)23)28(27)31(34)38/h1-13,20-23,27-28H,14-15H2/t20-,21-,22-,23-,27+,28+/m1/s1. The third kappa shape index (κ3) is 4.49. The molecule has 8 rings (SSSR count). The minimum absolute atomic E-state index is 0.0615. The number of allylic oxidation sites excluding steroid dienone is 2. The molecule has 2 bridgehead atoms. The molecule has 3 aromatic carbocycles. The number of anilines is 1. The van der Waals surface area contributed by atoms with Gasteiger partial charge in [-0.25, -0.2) is 4.79 Å². The van der Waals surface area contributed by atoms with Gasteiger partial charge in [-0.15, -0.1) is 0 Å². The lowest BCUT2D eigenvalue weighted by atomic mass is 9.63. The lowest BCUT2D eigenvalue weighted by molar-refractivity contribution is -0.385. The van der Waals surface area contributed by atoms with Crippen LogP contribution >= 0.6 is 11.6 Å². The topological polar surface area (TPSA) is 133 Å². The number of nitro benzene ring substituents is 1. The molecule has 5 aliphatic rings. The molecule has 3 aromatic rings. The normalized spacial score (nSPS) is 26.1. The fourth-order valence-corrected chi connectivity index (χ4v) is 7.03.